The molecule has 0 aliphatic heterocycles. The Kier molecular flexibility index (Phi) is 20.6. The van der Waals surface area contributed by atoms with E-state index in [1.807, 2.05) is 0 Å². The molecule has 1 aromatic heterocycles. The molecule has 0 spiro atoms. The van der Waals surface area contributed by atoms with Crippen molar-refractivity contribution in [2.24, 2.45) is 73.5 Å². The molecule has 0 radical (unpaired) electrons. The number of nitrogens with zero attached hydrogens (tertiary/aromatic N) is 8. The smallest absolute Gasteiger partial charge is 0.248 e. The lowest BCUT2D eigenvalue weighted by Crippen LogP contribution is -2.38. The van der Waals surface area contributed by atoms with Gasteiger partial charge in [-0.25, -0.2) is 4.57 Å². The number of aromatic nitrogens is 3. The lowest BCUT2D eigenvalue weighted by atomic mass is 10.8. The second-order valence-corrected chi connectivity index (χ2v) is 4.79. The van der Waals surface area contributed by atoms with Gasteiger partial charge in [0.2, 0.25) is 29.1 Å². The molecule has 0 saturated carbocycles. The highest BCUT2D eigenvalue weighted by atomic mass is 35.5. The molecule has 0 aliphatic carbocycles. The third-order valence-corrected chi connectivity index (χ3v) is 2.76. The van der Waals surface area contributed by atoms with Crippen LogP contribution < -0.4 is 45.6 Å². The van der Waals surface area contributed by atoms with Crippen LogP contribution in [0.2, 0.25) is 0 Å². The van der Waals surface area contributed by atoms with Gasteiger partial charge in [0, 0.05) is 14.1 Å². The van der Waals surface area contributed by atoms with Crippen molar-refractivity contribution in [3.05, 3.63) is 11.2 Å². The van der Waals surface area contributed by atoms with Crippen LogP contribution in [0, 0.1) is 16.2 Å². The maximum absolute atomic E-state index is 8.08. The summed E-state index contributed by atoms with van der Waals surface area (Å²) in [5.74, 6) is -2.81. The minimum atomic E-state index is -0.562. The van der Waals surface area contributed by atoms with E-state index in [0.29, 0.717) is 0 Å². The number of halogens is 5. The van der Waals surface area contributed by atoms with Crippen molar-refractivity contribution in [2.75, 3.05) is 0 Å². The quantitative estimate of drug-likeness (QED) is 0.114. The summed E-state index contributed by atoms with van der Waals surface area (Å²) in [5, 5.41) is 23.5. The third-order valence-electron chi connectivity index (χ3n) is 2.76. The molecule has 0 saturated heterocycles. The minimum absolute atomic E-state index is 0. The van der Waals surface area contributed by atoms with Gasteiger partial charge in [-0.3, -0.25) is 25.6 Å². The fourth-order valence-corrected chi connectivity index (χ4v) is 1.74. The average molecular weight is 562 g/mol. The van der Waals surface area contributed by atoms with Crippen LogP contribution in [0.5, 0.6) is 0 Å². The van der Waals surface area contributed by atoms with Crippen LogP contribution in [0.25, 0.3) is 0 Å². The molecule has 0 amide bonds. The first-order valence-corrected chi connectivity index (χ1v) is 6.93. The van der Waals surface area contributed by atoms with Crippen molar-refractivity contribution in [3.63, 3.8) is 0 Å². The second-order valence-electron chi connectivity index (χ2n) is 4.79. The molecule has 1 aromatic rings. The SMILES string of the molecule is Cl.Cl.Cl.Cl.Cl.Cn1c(=NC(=N)N=C(N)N)n(C(=N)N=C(N)N)c(=NC(=N)N=C(N)N)n1C. The molecule has 0 bridgehead atoms. The van der Waals surface area contributed by atoms with E-state index in [0.717, 1.165) is 4.57 Å². The van der Waals surface area contributed by atoms with E-state index in [1.165, 1.54) is 23.5 Å². The molecular formula is C10H26Cl5N17. The number of nitrogens with two attached hydrogens (primary N) is 6. The lowest BCUT2D eigenvalue weighted by Gasteiger charge is -2.00. The lowest BCUT2D eigenvalue weighted by molar-refractivity contribution is 0.554. The molecule has 0 fully saturated rings. The summed E-state index contributed by atoms with van der Waals surface area (Å²) >= 11 is 0. The van der Waals surface area contributed by atoms with Crippen LogP contribution in [0.4, 0.5) is 0 Å². The normalized spacial score (nSPS) is 9.81. The summed E-state index contributed by atoms with van der Waals surface area (Å²) in [6.45, 7) is 0. The van der Waals surface area contributed by atoms with Gasteiger partial charge in [-0.2, -0.15) is 25.0 Å². The number of hydrogen-bond acceptors (Lipinski definition) is 3. The second kappa shape index (κ2) is 16.7. The summed E-state index contributed by atoms with van der Waals surface area (Å²) < 4.78 is 3.76. The Bertz CT molecular complexity index is 944. The minimum Gasteiger partial charge on any atom is -0.370 e. The van der Waals surface area contributed by atoms with E-state index < -0.39 is 23.8 Å². The van der Waals surface area contributed by atoms with E-state index >= 15 is 0 Å². The third kappa shape index (κ3) is 10.9. The average Bonchev–Trinajstić information content (AvgIpc) is 2.70. The van der Waals surface area contributed by atoms with Gasteiger partial charge in [0.1, 0.15) is 0 Å². The van der Waals surface area contributed by atoms with Crippen LogP contribution in [-0.4, -0.2) is 49.7 Å². The number of rotatable bonds is 0. The van der Waals surface area contributed by atoms with Crippen molar-refractivity contribution in [2.45, 2.75) is 0 Å². The Morgan fingerprint density at radius 1 is 0.594 bits per heavy atom. The Labute approximate surface area is 212 Å². The van der Waals surface area contributed by atoms with E-state index in [4.69, 9.17) is 50.6 Å². The standard InChI is InChI=1S/C10H21N17.5ClH/c1-25-9(23-6(17)20-3(11)12)27(8(19)22-5(15)16)10(26(25)2)24-7(18)21-4(13)14;;;;;/h1-2H3,(H5,11,12,17,20)(H5,13,14,18,21)(H5,15,16,19,22);5*1H. The van der Waals surface area contributed by atoms with Crippen LogP contribution >= 0.6 is 62.0 Å². The molecule has 1 rings (SSSR count). The molecule has 186 valence electrons. The van der Waals surface area contributed by atoms with Crippen molar-refractivity contribution < 1.29 is 0 Å². The van der Waals surface area contributed by atoms with Gasteiger partial charge in [0.05, 0.1) is 0 Å². The monoisotopic (exact) mass is 559 g/mol. The van der Waals surface area contributed by atoms with Crippen LogP contribution in [0.1, 0.15) is 0 Å². The first kappa shape index (κ1) is 39.5. The predicted molar refractivity (Wildman–Crippen MR) is 136 cm³/mol. The summed E-state index contributed by atoms with van der Waals surface area (Å²) in [6.07, 6.45) is 0. The Morgan fingerprint density at radius 2 is 0.875 bits per heavy atom. The van der Waals surface area contributed by atoms with E-state index in [1.54, 1.807) is 0 Å². The molecule has 0 aliphatic rings. The van der Waals surface area contributed by atoms with Gasteiger partial charge >= 0.3 is 0 Å². The highest BCUT2D eigenvalue weighted by Crippen LogP contribution is 1.85. The van der Waals surface area contributed by atoms with Crippen molar-refractivity contribution >= 4 is 97.8 Å². The number of guanidine groups is 5. The first-order valence-electron chi connectivity index (χ1n) is 6.93. The molecule has 1 heterocycles. The first-order chi connectivity index (χ1) is 12.4. The Morgan fingerprint density at radius 3 is 1.12 bits per heavy atom. The van der Waals surface area contributed by atoms with Gasteiger partial charge in [0.15, 0.2) is 17.9 Å². The van der Waals surface area contributed by atoms with Gasteiger partial charge < -0.3 is 34.4 Å². The molecular weight excluding hydrogens is 535 g/mol. The Balaban J connectivity index is -0.000000486. The number of hydrogen-bond donors (Lipinski definition) is 9. The predicted octanol–water partition coefficient (Wildman–Crippen LogP) is -3.45. The largest absolute Gasteiger partial charge is 0.370 e. The van der Waals surface area contributed by atoms with Gasteiger partial charge in [0.25, 0.3) is 0 Å². The topological polar surface area (TPSA) is 304 Å². The zero-order valence-electron chi connectivity index (χ0n) is 16.6. The van der Waals surface area contributed by atoms with Crippen LogP contribution in [0.15, 0.2) is 25.0 Å². The zero-order chi connectivity index (χ0) is 20.9. The molecule has 15 N–H and O–H groups in total. The van der Waals surface area contributed by atoms with E-state index in [-0.39, 0.29) is 85.2 Å². The maximum atomic E-state index is 8.08. The molecule has 0 atom stereocenters. The fraction of sp³-hybridized carbons (Fsp3) is 0.200. The van der Waals surface area contributed by atoms with Gasteiger partial charge in [-0.05, 0) is 0 Å². The number of nitrogens with one attached hydrogen (secondary N) is 3. The highest BCUT2D eigenvalue weighted by molar-refractivity contribution is 5.94. The van der Waals surface area contributed by atoms with Crippen molar-refractivity contribution in [3.8, 4) is 0 Å². The van der Waals surface area contributed by atoms with Crippen molar-refractivity contribution in [1.82, 2.24) is 13.9 Å². The van der Waals surface area contributed by atoms with E-state index in [2.05, 4.69) is 25.0 Å². The summed E-state index contributed by atoms with van der Waals surface area (Å²) in [7, 11) is 3.06. The zero-order valence-corrected chi connectivity index (χ0v) is 20.7. The van der Waals surface area contributed by atoms with Gasteiger partial charge in [-0.1, -0.05) is 0 Å². The summed E-state index contributed by atoms with van der Waals surface area (Å²) in [4.78, 5) is 18.4. The highest BCUT2D eigenvalue weighted by Gasteiger charge is 2.14. The van der Waals surface area contributed by atoms with Gasteiger partial charge in [-0.15, -0.1) is 62.0 Å². The summed E-state index contributed by atoms with van der Waals surface area (Å²) in [6, 6.07) is 0. The Hall–Kier alpha value is -2.99. The molecule has 32 heavy (non-hydrogen) atoms. The maximum Gasteiger partial charge on any atom is 0.248 e. The summed E-state index contributed by atoms with van der Waals surface area (Å²) in [5.41, 5.74) is 31.4. The van der Waals surface area contributed by atoms with Crippen molar-refractivity contribution in [1.29, 1.82) is 16.2 Å². The van der Waals surface area contributed by atoms with E-state index in [9.17, 15) is 0 Å². The fourth-order valence-electron chi connectivity index (χ4n) is 1.74. The van der Waals surface area contributed by atoms with Crippen LogP contribution in [0.3, 0.4) is 0 Å². The van der Waals surface area contributed by atoms with Crippen LogP contribution in [-0.2, 0) is 14.1 Å². The molecule has 22 heteroatoms. The molecule has 0 unspecified atom stereocenters. The number of aliphatic imine (C=N–C) groups is 3. The molecule has 0 aromatic carbocycles. The molecule has 17 nitrogen and oxygen atoms in total.